The third-order valence-electron chi connectivity index (χ3n) is 7.70. The van der Waals surface area contributed by atoms with E-state index in [0.29, 0.717) is 44.5 Å². The zero-order chi connectivity index (χ0) is 38.0. The van der Waals surface area contributed by atoms with Crippen LogP contribution in [0.1, 0.15) is 32.3 Å². The second-order valence-corrected chi connectivity index (χ2v) is 12.4. The number of rotatable bonds is 13. The number of halogens is 3. The number of methoxy groups -OCH3 is 3. The molecular formula is C40H34F3N3O6S. The first-order valence-electron chi connectivity index (χ1n) is 16.0. The van der Waals surface area contributed by atoms with Crippen molar-refractivity contribution in [3.05, 3.63) is 149 Å². The number of thioether (sulfide) groups is 1. The number of carbonyl (C=O) groups is 3. The van der Waals surface area contributed by atoms with E-state index in [1.807, 2.05) is 0 Å². The second kappa shape index (κ2) is 17.3. The molecule has 3 N–H and O–H groups in total. The van der Waals surface area contributed by atoms with Crippen molar-refractivity contribution in [2.24, 2.45) is 0 Å². The summed E-state index contributed by atoms with van der Waals surface area (Å²) in [6.45, 7) is 0. The number of anilines is 2. The van der Waals surface area contributed by atoms with Gasteiger partial charge in [-0.2, -0.15) is 13.2 Å². The van der Waals surface area contributed by atoms with Crippen LogP contribution in [0.2, 0.25) is 0 Å². The Kier molecular flexibility index (Phi) is 12.4. The van der Waals surface area contributed by atoms with Crippen LogP contribution in [0.5, 0.6) is 17.2 Å². The third-order valence-corrected chi connectivity index (χ3v) is 8.95. The molecule has 0 saturated heterocycles. The number of alkyl halides is 3. The second-order valence-electron chi connectivity index (χ2n) is 11.3. The summed E-state index contributed by atoms with van der Waals surface area (Å²) < 4.78 is 57.5. The van der Waals surface area contributed by atoms with Gasteiger partial charge < -0.3 is 30.2 Å². The van der Waals surface area contributed by atoms with Crippen molar-refractivity contribution in [3.8, 4) is 17.2 Å². The van der Waals surface area contributed by atoms with Gasteiger partial charge in [-0.05, 0) is 71.8 Å². The number of carbonyl (C=O) groups excluding carboxylic acids is 3. The van der Waals surface area contributed by atoms with E-state index in [1.54, 1.807) is 97.1 Å². The lowest BCUT2D eigenvalue weighted by molar-refractivity contribution is -0.137. The van der Waals surface area contributed by atoms with Gasteiger partial charge in [-0.3, -0.25) is 14.4 Å². The molecule has 0 aliphatic heterocycles. The molecule has 9 nitrogen and oxygen atoms in total. The van der Waals surface area contributed by atoms with E-state index in [2.05, 4.69) is 16.0 Å². The van der Waals surface area contributed by atoms with Crippen molar-refractivity contribution >= 4 is 46.9 Å². The van der Waals surface area contributed by atoms with Crippen LogP contribution < -0.4 is 30.2 Å². The van der Waals surface area contributed by atoms with Crippen molar-refractivity contribution in [1.82, 2.24) is 5.32 Å². The monoisotopic (exact) mass is 741 g/mol. The smallest absolute Gasteiger partial charge is 0.418 e. The molecule has 1 unspecified atom stereocenters. The average molecular weight is 742 g/mol. The number of benzene rings is 5. The van der Waals surface area contributed by atoms with Crippen LogP contribution >= 0.6 is 11.8 Å². The van der Waals surface area contributed by atoms with Crippen molar-refractivity contribution in [2.75, 3.05) is 32.0 Å². The molecule has 53 heavy (non-hydrogen) atoms. The normalized spacial score (nSPS) is 11.9. The molecule has 0 aromatic heterocycles. The summed E-state index contributed by atoms with van der Waals surface area (Å²) in [5, 5.41) is 6.97. The highest BCUT2D eigenvalue weighted by Gasteiger charge is 2.34. The molecule has 5 aromatic rings. The van der Waals surface area contributed by atoms with E-state index in [9.17, 15) is 27.6 Å². The minimum absolute atomic E-state index is 0.115. The van der Waals surface area contributed by atoms with Crippen molar-refractivity contribution in [2.45, 2.75) is 16.3 Å². The van der Waals surface area contributed by atoms with Gasteiger partial charge in [0.05, 0.1) is 32.6 Å². The zero-order valence-corrected chi connectivity index (χ0v) is 29.5. The van der Waals surface area contributed by atoms with Gasteiger partial charge in [-0.25, -0.2) is 0 Å². The Morgan fingerprint density at radius 3 is 1.96 bits per heavy atom. The molecule has 0 saturated carbocycles. The predicted octanol–water partition coefficient (Wildman–Crippen LogP) is 8.61. The van der Waals surface area contributed by atoms with E-state index in [0.717, 1.165) is 17.8 Å². The van der Waals surface area contributed by atoms with Crippen LogP contribution in [0.3, 0.4) is 0 Å². The summed E-state index contributed by atoms with van der Waals surface area (Å²) in [5.74, 6) is -0.884. The maximum atomic E-state index is 13.9. The molecule has 1 atom stereocenters. The quantitative estimate of drug-likeness (QED) is 0.0818. The van der Waals surface area contributed by atoms with Gasteiger partial charge in [0.2, 0.25) is 11.7 Å². The van der Waals surface area contributed by atoms with Gasteiger partial charge in [0.15, 0.2) is 11.5 Å². The Morgan fingerprint density at radius 1 is 0.717 bits per heavy atom. The van der Waals surface area contributed by atoms with E-state index < -0.39 is 34.7 Å². The highest BCUT2D eigenvalue weighted by atomic mass is 32.2. The molecule has 13 heteroatoms. The number of hydrogen-bond acceptors (Lipinski definition) is 7. The minimum Gasteiger partial charge on any atom is -0.493 e. The number of amides is 3. The zero-order valence-electron chi connectivity index (χ0n) is 28.7. The summed E-state index contributed by atoms with van der Waals surface area (Å²) >= 11 is 1.09. The Hall–Kier alpha value is -6.21. The summed E-state index contributed by atoms with van der Waals surface area (Å²) in [6.07, 6.45) is -3.22. The molecular weight excluding hydrogens is 708 g/mol. The van der Waals surface area contributed by atoms with Crippen molar-refractivity contribution in [1.29, 1.82) is 0 Å². The molecule has 0 spiro atoms. The average Bonchev–Trinajstić information content (AvgIpc) is 3.16. The lowest BCUT2D eigenvalue weighted by Crippen LogP contribution is -2.30. The topological polar surface area (TPSA) is 115 Å². The molecule has 0 fully saturated rings. The summed E-state index contributed by atoms with van der Waals surface area (Å²) in [6, 6.07) is 31.6. The number of para-hydroxylation sites is 1. The van der Waals surface area contributed by atoms with Crippen LogP contribution in [-0.2, 0) is 15.8 Å². The molecule has 5 rings (SSSR count). The Labute approximate surface area is 308 Å². The van der Waals surface area contributed by atoms with Crippen LogP contribution in [0.4, 0.5) is 24.5 Å². The fraction of sp³-hybridized carbons (Fsp3) is 0.125. The van der Waals surface area contributed by atoms with Gasteiger partial charge in [-0.15, -0.1) is 11.8 Å². The molecule has 0 aliphatic carbocycles. The Balaban J connectivity index is 1.44. The summed E-state index contributed by atoms with van der Waals surface area (Å²) in [5.41, 5.74) is 0.188. The molecule has 272 valence electrons. The first-order valence-corrected chi connectivity index (χ1v) is 16.9. The SMILES string of the molecule is COc1cc(/C=C(/NC(=O)c2ccccc2)C(=O)Nc2cccc(SC(C(=O)Nc3ccccc3C(F)(F)F)c3ccccc3)c2)cc(OC)c1OC. The highest BCUT2D eigenvalue weighted by molar-refractivity contribution is 8.00. The highest BCUT2D eigenvalue weighted by Crippen LogP contribution is 2.40. The predicted molar refractivity (Wildman–Crippen MR) is 198 cm³/mol. The Bertz CT molecular complexity index is 2090. The van der Waals surface area contributed by atoms with Crippen LogP contribution in [0.15, 0.2) is 132 Å². The molecule has 0 bridgehead atoms. The van der Waals surface area contributed by atoms with Gasteiger partial charge >= 0.3 is 6.18 Å². The van der Waals surface area contributed by atoms with Gasteiger partial charge in [-0.1, -0.05) is 66.7 Å². The van der Waals surface area contributed by atoms with E-state index in [-0.39, 0.29) is 11.4 Å². The maximum Gasteiger partial charge on any atom is 0.418 e. The number of nitrogens with one attached hydrogen (secondary N) is 3. The fourth-order valence-corrected chi connectivity index (χ4v) is 6.30. The summed E-state index contributed by atoms with van der Waals surface area (Å²) in [4.78, 5) is 41.2. The van der Waals surface area contributed by atoms with Gasteiger partial charge in [0.1, 0.15) is 10.9 Å². The van der Waals surface area contributed by atoms with Crippen molar-refractivity contribution in [3.63, 3.8) is 0 Å². The molecule has 5 aromatic carbocycles. The van der Waals surface area contributed by atoms with E-state index in [1.165, 1.54) is 45.6 Å². The Morgan fingerprint density at radius 2 is 1.34 bits per heavy atom. The molecule has 0 heterocycles. The van der Waals surface area contributed by atoms with Crippen LogP contribution in [-0.4, -0.2) is 39.1 Å². The first-order chi connectivity index (χ1) is 25.5. The van der Waals surface area contributed by atoms with Crippen LogP contribution in [0, 0.1) is 0 Å². The van der Waals surface area contributed by atoms with Gasteiger partial charge in [0, 0.05) is 16.1 Å². The van der Waals surface area contributed by atoms with E-state index >= 15 is 0 Å². The number of ether oxygens (including phenoxy) is 3. The third kappa shape index (κ3) is 9.77. The largest absolute Gasteiger partial charge is 0.493 e. The summed E-state index contributed by atoms with van der Waals surface area (Å²) in [7, 11) is 4.37. The van der Waals surface area contributed by atoms with E-state index in [4.69, 9.17) is 14.2 Å². The first kappa shape index (κ1) is 38.0. The lowest BCUT2D eigenvalue weighted by Gasteiger charge is -2.19. The molecule has 0 radical (unpaired) electrons. The molecule has 0 aliphatic rings. The fourth-order valence-electron chi connectivity index (χ4n) is 5.21. The molecule has 3 amide bonds. The van der Waals surface area contributed by atoms with Gasteiger partial charge in [0.25, 0.3) is 11.8 Å². The minimum atomic E-state index is -4.68. The van der Waals surface area contributed by atoms with Crippen molar-refractivity contribution < 1.29 is 41.8 Å². The standard InChI is InChI=1S/C40H34F3N3O6S/c1-50-33-22-25(23-34(51-2)35(33)52-3)21-32(46-37(47)27-15-8-5-9-16-27)38(48)44-28-17-12-18-29(24-28)53-36(26-13-6-4-7-14-26)39(49)45-31-20-11-10-19-30(31)40(41,42)43/h4-24,36H,1-3H3,(H,44,48)(H,45,49)(H,46,47)/b32-21+. The number of hydrogen-bond donors (Lipinski definition) is 3. The maximum absolute atomic E-state index is 13.9. The lowest BCUT2D eigenvalue weighted by atomic mass is 10.1. The van der Waals surface area contributed by atoms with Crippen LogP contribution in [0.25, 0.3) is 6.08 Å².